The molecule has 1 aliphatic heterocycles. The molecule has 0 saturated carbocycles. The largest absolute Gasteiger partial charge is 0.482 e. The summed E-state index contributed by atoms with van der Waals surface area (Å²) in [5.74, 6) is 0.753. The maximum atomic E-state index is 12.5. The van der Waals surface area contributed by atoms with E-state index in [-0.39, 0.29) is 30.8 Å². The van der Waals surface area contributed by atoms with E-state index in [1.807, 2.05) is 53.9 Å². The summed E-state index contributed by atoms with van der Waals surface area (Å²) in [5.41, 5.74) is 6.13. The third-order valence-corrected chi connectivity index (χ3v) is 7.38. The Morgan fingerprint density at radius 2 is 1.95 bits per heavy atom. The molecule has 39 heavy (non-hydrogen) atoms. The number of hydrogen-bond acceptors (Lipinski definition) is 9. The number of carbonyl (C=O) groups is 2. The Kier molecular flexibility index (Phi) is 7.82. The Balaban J connectivity index is 0.00000308. The number of aromatic nitrogens is 3. The molecular formula is C27H21ClN6O3S2. The first-order chi connectivity index (χ1) is 18.6. The third-order valence-electron chi connectivity index (χ3n) is 5.66. The summed E-state index contributed by atoms with van der Waals surface area (Å²) in [4.78, 5) is 39.7. The SMILES string of the molecule is Cl.O=C(Cc1cccs1)Nc1cccc(-c2ncsc2-c2ccnc(Nc3ccc4c(c3)NC(=O)CO4)n2)c1. The second-order valence-corrected chi connectivity index (χ2v) is 10.2. The number of halogens is 1. The number of fused-ring (bicyclic) bond motifs is 1. The van der Waals surface area contributed by atoms with Gasteiger partial charge in [0.15, 0.2) is 6.61 Å². The molecule has 9 nitrogen and oxygen atoms in total. The average molecular weight is 577 g/mol. The van der Waals surface area contributed by atoms with Crippen molar-refractivity contribution < 1.29 is 14.3 Å². The van der Waals surface area contributed by atoms with Gasteiger partial charge in [-0.2, -0.15) is 0 Å². The van der Waals surface area contributed by atoms with Crippen LogP contribution in [-0.4, -0.2) is 33.4 Å². The lowest BCUT2D eigenvalue weighted by Crippen LogP contribution is -2.25. The number of thiophene rings is 1. The van der Waals surface area contributed by atoms with Gasteiger partial charge in [0.05, 0.1) is 33.9 Å². The van der Waals surface area contributed by atoms with Crippen molar-refractivity contribution in [1.82, 2.24) is 15.0 Å². The second-order valence-electron chi connectivity index (χ2n) is 8.35. The number of rotatable bonds is 7. The minimum Gasteiger partial charge on any atom is -0.482 e. The highest BCUT2D eigenvalue weighted by molar-refractivity contribution is 7.13. The minimum atomic E-state index is -0.197. The molecule has 0 fully saturated rings. The zero-order valence-electron chi connectivity index (χ0n) is 20.2. The molecule has 3 aromatic heterocycles. The van der Waals surface area contributed by atoms with Crippen molar-refractivity contribution in [3.63, 3.8) is 0 Å². The van der Waals surface area contributed by atoms with Gasteiger partial charge in [-0.05, 0) is 47.8 Å². The first-order valence-electron chi connectivity index (χ1n) is 11.6. The zero-order valence-corrected chi connectivity index (χ0v) is 22.7. The number of amides is 2. The van der Waals surface area contributed by atoms with Gasteiger partial charge in [-0.25, -0.2) is 15.0 Å². The van der Waals surface area contributed by atoms with E-state index in [1.54, 1.807) is 35.2 Å². The molecule has 0 radical (unpaired) electrons. The predicted octanol–water partition coefficient (Wildman–Crippen LogP) is 6.01. The van der Waals surface area contributed by atoms with Crippen LogP contribution >= 0.6 is 35.1 Å². The van der Waals surface area contributed by atoms with Crippen molar-refractivity contribution in [1.29, 1.82) is 0 Å². The van der Waals surface area contributed by atoms with Crippen LogP contribution in [0.4, 0.5) is 23.0 Å². The summed E-state index contributed by atoms with van der Waals surface area (Å²) < 4.78 is 5.42. The lowest BCUT2D eigenvalue weighted by molar-refractivity contribution is -0.118. The monoisotopic (exact) mass is 576 g/mol. The van der Waals surface area contributed by atoms with Crippen molar-refractivity contribution in [2.24, 2.45) is 0 Å². The van der Waals surface area contributed by atoms with Crippen molar-refractivity contribution >= 4 is 69.9 Å². The number of nitrogens with zero attached hydrogens (tertiary/aromatic N) is 3. The number of hydrogen-bond donors (Lipinski definition) is 3. The van der Waals surface area contributed by atoms with Crippen molar-refractivity contribution in [2.75, 3.05) is 22.6 Å². The van der Waals surface area contributed by atoms with E-state index in [1.165, 1.54) is 11.3 Å². The molecule has 6 rings (SSSR count). The highest BCUT2D eigenvalue weighted by Crippen LogP contribution is 2.35. The van der Waals surface area contributed by atoms with Gasteiger partial charge in [-0.3, -0.25) is 9.59 Å². The molecule has 0 unspecified atom stereocenters. The molecule has 0 atom stereocenters. The first kappa shape index (κ1) is 26.3. The van der Waals surface area contributed by atoms with Crippen molar-refractivity contribution in [2.45, 2.75) is 6.42 Å². The smallest absolute Gasteiger partial charge is 0.262 e. The molecule has 5 aromatic rings. The number of benzene rings is 2. The quantitative estimate of drug-likeness (QED) is 0.217. The Hall–Kier alpha value is -4.32. The van der Waals surface area contributed by atoms with Gasteiger partial charge in [0.1, 0.15) is 5.75 Å². The molecule has 4 heterocycles. The number of nitrogens with one attached hydrogen (secondary N) is 3. The zero-order chi connectivity index (χ0) is 25.9. The minimum absolute atomic E-state index is 0. The highest BCUT2D eigenvalue weighted by atomic mass is 35.5. The van der Waals surface area contributed by atoms with E-state index in [2.05, 4.69) is 25.9 Å². The topological polar surface area (TPSA) is 118 Å². The summed E-state index contributed by atoms with van der Waals surface area (Å²) in [6, 6.07) is 18.7. The molecule has 2 amide bonds. The third kappa shape index (κ3) is 6.06. The molecule has 0 saturated heterocycles. The summed E-state index contributed by atoms with van der Waals surface area (Å²) in [7, 11) is 0. The van der Waals surface area contributed by atoms with E-state index < -0.39 is 0 Å². The van der Waals surface area contributed by atoms with Gasteiger partial charge in [0.25, 0.3) is 5.91 Å². The van der Waals surface area contributed by atoms with E-state index in [4.69, 9.17) is 9.72 Å². The van der Waals surface area contributed by atoms with Crippen LogP contribution in [0.5, 0.6) is 5.75 Å². The van der Waals surface area contributed by atoms with Gasteiger partial charge in [0, 0.05) is 28.0 Å². The molecule has 12 heteroatoms. The second kappa shape index (κ2) is 11.6. The first-order valence-corrected chi connectivity index (χ1v) is 13.4. The van der Waals surface area contributed by atoms with Gasteiger partial charge in [-0.1, -0.05) is 18.2 Å². The van der Waals surface area contributed by atoms with E-state index in [9.17, 15) is 9.59 Å². The van der Waals surface area contributed by atoms with Gasteiger partial charge in [-0.15, -0.1) is 35.1 Å². The fourth-order valence-electron chi connectivity index (χ4n) is 3.99. The molecule has 3 N–H and O–H groups in total. The summed E-state index contributed by atoms with van der Waals surface area (Å²) in [6.07, 6.45) is 2.02. The van der Waals surface area contributed by atoms with Crippen LogP contribution in [0.2, 0.25) is 0 Å². The summed E-state index contributed by atoms with van der Waals surface area (Å²) in [6.45, 7) is 0.00649. The molecule has 0 bridgehead atoms. The Morgan fingerprint density at radius 3 is 2.82 bits per heavy atom. The van der Waals surface area contributed by atoms with Gasteiger partial charge in [0.2, 0.25) is 11.9 Å². The molecule has 2 aromatic carbocycles. The van der Waals surface area contributed by atoms with Crippen molar-refractivity contribution in [3.05, 3.63) is 82.6 Å². The van der Waals surface area contributed by atoms with Crippen LogP contribution in [0.1, 0.15) is 4.88 Å². The van der Waals surface area contributed by atoms with Crippen LogP contribution < -0.4 is 20.7 Å². The van der Waals surface area contributed by atoms with Crippen molar-refractivity contribution in [3.8, 4) is 27.6 Å². The average Bonchev–Trinajstić information content (AvgIpc) is 3.61. The maximum Gasteiger partial charge on any atom is 0.262 e. The van der Waals surface area contributed by atoms with Crippen LogP contribution in [-0.2, 0) is 16.0 Å². The van der Waals surface area contributed by atoms with Crippen LogP contribution in [0.25, 0.3) is 21.8 Å². The van der Waals surface area contributed by atoms with E-state index >= 15 is 0 Å². The lowest BCUT2D eigenvalue weighted by atomic mass is 10.1. The number of carbonyl (C=O) groups excluding carboxylic acids is 2. The lowest BCUT2D eigenvalue weighted by Gasteiger charge is -2.18. The molecule has 196 valence electrons. The standard InChI is InChI=1S/C27H20N6O3S2.ClH/c34-23(13-19-5-2-10-37-19)30-17-4-1-3-16(11-17)25-26(38-15-29-25)20-8-9-28-27(33-20)31-18-6-7-22-21(12-18)32-24(35)14-36-22;/h1-12,15H,13-14H2,(H,30,34)(H,32,35)(H,28,31,33);1H. The van der Waals surface area contributed by atoms with Gasteiger partial charge >= 0.3 is 0 Å². The molecule has 0 spiro atoms. The summed E-state index contributed by atoms with van der Waals surface area (Å²) >= 11 is 3.04. The fraction of sp³-hybridized carbons (Fsp3) is 0.0741. The van der Waals surface area contributed by atoms with Crippen LogP contribution in [0.3, 0.4) is 0 Å². The van der Waals surface area contributed by atoms with E-state index in [0.717, 1.165) is 21.0 Å². The Morgan fingerprint density at radius 1 is 1.03 bits per heavy atom. The molecular weight excluding hydrogens is 556 g/mol. The summed E-state index contributed by atoms with van der Waals surface area (Å²) in [5, 5.41) is 10.9. The number of anilines is 4. The fourth-order valence-corrected chi connectivity index (χ4v) is 5.47. The highest BCUT2D eigenvalue weighted by Gasteiger charge is 2.17. The Labute approximate surface area is 237 Å². The number of ether oxygens (including phenoxy) is 1. The predicted molar refractivity (Wildman–Crippen MR) is 156 cm³/mol. The van der Waals surface area contributed by atoms with Gasteiger partial charge < -0.3 is 20.7 Å². The number of thiazole rings is 1. The Bertz CT molecular complexity index is 1640. The normalized spacial score (nSPS) is 11.9. The van der Waals surface area contributed by atoms with E-state index in [0.29, 0.717) is 40.9 Å². The van der Waals surface area contributed by atoms with Crippen LogP contribution in [0.15, 0.2) is 77.8 Å². The molecule has 0 aliphatic carbocycles. The maximum absolute atomic E-state index is 12.5. The van der Waals surface area contributed by atoms with Crippen LogP contribution in [0, 0.1) is 0 Å². The molecule has 1 aliphatic rings.